The van der Waals surface area contributed by atoms with E-state index in [1.165, 1.54) is 82.3 Å². The van der Waals surface area contributed by atoms with E-state index in [-0.39, 0.29) is 5.02 Å². The maximum Gasteiger partial charge on any atom is 0.143 e. The van der Waals surface area contributed by atoms with E-state index < -0.39 is 5.82 Å². The minimum atomic E-state index is -0.415. The van der Waals surface area contributed by atoms with Crippen LogP contribution < -0.4 is 0 Å². The number of hydrogen-bond acceptors (Lipinski definition) is 0. The Kier molecular flexibility index (Phi) is 7.73. The Hall–Kier alpha value is -1.78. The molecule has 0 bridgehead atoms. The Morgan fingerprint density at radius 1 is 0.935 bits per heavy atom. The lowest BCUT2D eigenvalue weighted by Crippen LogP contribution is -2.28. The van der Waals surface area contributed by atoms with Gasteiger partial charge in [0.15, 0.2) is 0 Å². The first-order valence-electron chi connectivity index (χ1n) is 12.2. The molecule has 0 aromatic heterocycles. The van der Waals surface area contributed by atoms with Crippen molar-refractivity contribution in [2.75, 3.05) is 0 Å². The van der Waals surface area contributed by atoms with Crippen molar-refractivity contribution in [3.8, 4) is 11.8 Å². The Morgan fingerprint density at radius 3 is 2.52 bits per heavy atom. The molecule has 0 aliphatic heterocycles. The monoisotopic (exact) mass is 436 g/mol. The average Bonchev–Trinajstić information content (AvgIpc) is 2.79. The van der Waals surface area contributed by atoms with Crippen LogP contribution in [-0.4, -0.2) is 0 Å². The van der Waals surface area contributed by atoms with Crippen LogP contribution in [0.4, 0.5) is 4.39 Å². The lowest BCUT2D eigenvalue weighted by molar-refractivity contribution is 0.199. The molecular formula is C29H34ClF. The van der Waals surface area contributed by atoms with Crippen molar-refractivity contribution in [3.05, 3.63) is 69.5 Å². The van der Waals surface area contributed by atoms with Crippen LogP contribution in [0.15, 0.2) is 36.4 Å². The van der Waals surface area contributed by atoms with Gasteiger partial charge in [0.1, 0.15) is 5.82 Å². The van der Waals surface area contributed by atoms with E-state index in [1.54, 1.807) is 17.7 Å². The lowest BCUT2D eigenvalue weighted by atomic mass is 9.64. The van der Waals surface area contributed by atoms with Gasteiger partial charge in [0.05, 0.1) is 5.02 Å². The van der Waals surface area contributed by atoms with Crippen LogP contribution in [0.2, 0.25) is 5.02 Å². The highest BCUT2D eigenvalue weighted by Gasteiger charge is 2.34. The molecule has 2 aromatic rings. The normalized spacial score (nSPS) is 22.2. The summed E-state index contributed by atoms with van der Waals surface area (Å²) in [7, 11) is 0. The molecule has 0 amide bonds. The number of benzene rings is 2. The second-order valence-corrected chi connectivity index (χ2v) is 9.99. The molecule has 2 aromatic carbocycles. The molecule has 0 N–H and O–H groups in total. The summed E-state index contributed by atoms with van der Waals surface area (Å²) in [4.78, 5) is 0. The summed E-state index contributed by atoms with van der Waals surface area (Å²) in [6, 6.07) is 11.5. The number of rotatable bonds is 6. The summed E-state index contributed by atoms with van der Waals surface area (Å²) >= 11 is 5.76. The zero-order valence-corrected chi connectivity index (χ0v) is 19.5. The van der Waals surface area contributed by atoms with Gasteiger partial charge in [0, 0.05) is 11.1 Å². The predicted octanol–water partition coefficient (Wildman–Crippen LogP) is 8.69. The highest BCUT2D eigenvalue weighted by Crippen LogP contribution is 2.48. The topological polar surface area (TPSA) is 0 Å². The van der Waals surface area contributed by atoms with Gasteiger partial charge in [0.2, 0.25) is 0 Å². The Bertz CT molecular complexity index is 951. The number of halogens is 2. The van der Waals surface area contributed by atoms with Crippen LogP contribution in [0.3, 0.4) is 0 Å². The molecule has 2 heteroatoms. The minimum Gasteiger partial charge on any atom is -0.205 e. The molecule has 2 aliphatic carbocycles. The van der Waals surface area contributed by atoms with Crippen molar-refractivity contribution in [3.63, 3.8) is 0 Å². The zero-order chi connectivity index (χ0) is 21.6. The number of hydrogen-bond donors (Lipinski definition) is 0. The fourth-order valence-electron chi connectivity index (χ4n) is 5.71. The third-order valence-electron chi connectivity index (χ3n) is 7.40. The highest BCUT2D eigenvalue weighted by atomic mass is 35.5. The van der Waals surface area contributed by atoms with E-state index in [9.17, 15) is 4.39 Å². The van der Waals surface area contributed by atoms with Crippen molar-refractivity contribution in [1.82, 2.24) is 0 Å². The molecule has 0 saturated heterocycles. The summed E-state index contributed by atoms with van der Waals surface area (Å²) in [5.41, 5.74) is 4.73. The number of unbranched alkanes of at least 4 members (excludes halogenated alkanes) is 4. The van der Waals surface area contributed by atoms with Crippen LogP contribution in [0.25, 0.3) is 0 Å². The Labute approximate surface area is 192 Å². The summed E-state index contributed by atoms with van der Waals surface area (Å²) in [6.45, 7) is 2.29. The summed E-state index contributed by atoms with van der Waals surface area (Å²) < 4.78 is 13.6. The van der Waals surface area contributed by atoms with Gasteiger partial charge in [-0.25, -0.2) is 4.39 Å². The summed E-state index contributed by atoms with van der Waals surface area (Å²) in [5, 5.41) is 0.139. The zero-order valence-electron chi connectivity index (χ0n) is 18.7. The molecule has 1 fully saturated rings. The average molecular weight is 437 g/mol. The maximum atomic E-state index is 13.6. The van der Waals surface area contributed by atoms with Crippen LogP contribution in [0.1, 0.15) is 99.3 Å². The largest absolute Gasteiger partial charge is 0.205 e. The van der Waals surface area contributed by atoms with Crippen molar-refractivity contribution in [1.29, 1.82) is 0 Å². The van der Waals surface area contributed by atoms with E-state index in [0.717, 1.165) is 23.3 Å². The van der Waals surface area contributed by atoms with Crippen LogP contribution >= 0.6 is 11.6 Å². The van der Waals surface area contributed by atoms with Crippen LogP contribution in [0.5, 0.6) is 0 Å². The van der Waals surface area contributed by atoms with Gasteiger partial charge < -0.3 is 0 Å². The molecule has 164 valence electrons. The Morgan fingerprint density at radius 2 is 1.71 bits per heavy atom. The second kappa shape index (κ2) is 10.7. The van der Waals surface area contributed by atoms with Gasteiger partial charge in [-0.3, -0.25) is 0 Å². The van der Waals surface area contributed by atoms with Crippen molar-refractivity contribution < 1.29 is 4.39 Å². The Balaban J connectivity index is 1.37. The van der Waals surface area contributed by atoms with Gasteiger partial charge in [-0.2, -0.15) is 0 Å². The van der Waals surface area contributed by atoms with Gasteiger partial charge in [-0.1, -0.05) is 75.0 Å². The first-order valence-corrected chi connectivity index (χ1v) is 12.6. The van der Waals surface area contributed by atoms with Gasteiger partial charge in [-0.15, -0.1) is 0 Å². The molecule has 0 spiro atoms. The quantitative estimate of drug-likeness (QED) is 0.313. The molecule has 3 atom stereocenters. The van der Waals surface area contributed by atoms with Crippen molar-refractivity contribution in [2.45, 2.75) is 83.5 Å². The molecule has 2 aliphatic rings. The standard InChI is InChI=1S/C29H34ClF/c1-2-3-4-5-6-7-21-10-15-26-24(18-21)13-14-25-19-22(11-16-27(25)26)8-9-23-12-17-28(30)29(31)20-23/h11-12,16-17,19-21,24,26H,2-7,10,13-15,18H2,1H3. The second-order valence-electron chi connectivity index (χ2n) is 9.58. The fraction of sp³-hybridized carbons (Fsp3) is 0.517. The highest BCUT2D eigenvalue weighted by molar-refractivity contribution is 6.30. The maximum absolute atomic E-state index is 13.6. The van der Waals surface area contributed by atoms with Crippen LogP contribution in [0, 0.1) is 29.5 Å². The lowest BCUT2D eigenvalue weighted by Gasteiger charge is -2.40. The number of aryl methyl sites for hydroxylation is 1. The molecule has 0 nitrogen and oxygen atoms in total. The molecular weight excluding hydrogens is 403 g/mol. The van der Waals surface area contributed by atoms with E-state index in [0.29, 0.717) is 5.56 Å². The smallest absolute Gasteiger partial charge is 0.143 e. The van der Waals surface area contributed by atoms with Crippen LogP contribution in [-0.2, 0) is 6.42 Å². The van der Waals surface area contributed by atoms with E-state index in [1.807, 2.05) is 0 Å². The fourth-order valence-corrected chi connectivity index (χ4v) is 5.83. The SMILES string of the molecule is CCCCCCCC1CCC2c3ccc(C#Cc4ccc(Cl)c(F)c4)cc3CCC2C1. The number of fused-ring (bicyclic) bond motifs is 3. The van der Waals surface area contributed by atoms with Gasteiger partial charge in [0.25, 0.3) is 0 Å². The first kappa shape index (κ1) is 22.4. The van der Waals surface area contributed by atoms with Gasteiger partial charge in [-0.05, 0) is 91.3 Å². The molecule has 3 unspecified atom stereocenters. The summed E-state index contributed by atoms with van der Waals surface area (Å²) in [6.07, 6.45) is 15.1. The molecule has 0 heterocycles. The molecule has 4 rings (SSSR count). The third kappa shape index (κ3) is 5.72. The van der Waals surface area contributed by atoms with Crippen molar-refractivity contribution in [2.24, 2.45) is 11.8 Å². The van der Waals surface area contributed by atoms with E-state index in [4.69, 9.17) is 11.6 Å². The third-order valence-corrected chi connectivity index (χ3v) is 7.71. The molecule has 0 radical (unpaired) electrons. The van der Waals surface area contributed by atoms with E-state index in [2.05, 4.69) is 37.0 Å². The first-order chi connectivity index (χ1) is 15.1. The van der Waals surface area contributed by atoms with Crippen molar-refractivity contribution >= 4 is 11.6 Å². The minimum absolute atomic E-state index is 0.139. The molecule has 1 saturated carbocycles. The molecule has 31 heavy (non-hydrogen) atoms. The van der Waals surface area contributed by atoms with Gasteiger partial charge >= 0.3 is 0 Å². The summed E-state index contributed by atoms with van der Waals surface area (Å²) in [5.74, 6) is 8.45. The predicted molar refractivity (Wildman–Crippen MR) is 129 cm³/mol. The van der Waals surface area contributed by atoms with E-state index >= 15 is 0 Å².